The minimum absolute atomic E-state index is 0. The first kappa shape index (κ1) is 87.8. The maximum absolute atomic E-state index is 8.55. The van der Waals surface area contributed by atoms with Gasteiger partial charge in [0, 0.05) is 0 Å². The molecule has 0 aromatic heterocycles. The minimum atomic E-state index is -5.39. The predicted octanol–water partition coefficient (Wildman–Crippen LogP) is -8.00. The van der Waals surface area contributed by atoms with Crippen molar-refractivity contribution in [2.45, 2.75) is 44.6 Å². The minimum Gasteiger partial charge on any atom is -0.822 e. The largest absolute Gasteiger partial charge is 1.00 e. The maximum atomic E-state index is 8.55. The van der Waals surface area contributed by atoms with Gasteiger partial charge in [0.1, 0.15) is 0 Å². The van der Waals surface area contributed by atoms with Crippen LogP contribution in [0.4, 0.5) is 0 Å². The van der Waals surface area contributed by atoms with Gasteiger partial charge < -0.3 is 19.2 Å². The molecular weight excluding hydrogens is 236 g/mol. The van der Waals surface area contributed by atoms with E-state index in [4.69, 9.17) is 19.2 Å². The van der Waals surface area contributed by atoms with E-state index in [-0.39, 0.29) is 133 Å². The third kappa shape index (κ3) is 311. The summed E-state index contributed by atoms with van der Waals surface area (Å²) in [5.74, 6) is 0. The zero-order valence-corrected chi connectivity index (χ0v) is 12.0. The second-order valence-corrected chi connectivity index (χ2v) is 1.34. The Morgan fingerprint density at radius 2 is 0.571 bits per heavy atom. The summed E-state index contributed by atoms with van der Waals surface area (Å²) in [6.45, 7) is 0. The van der Waals surface area contributed by atoms with Crippen LogP contribution in [0.2, 0.25) is 0 Å². The average Bonchev–Trinajstić information content (AvgIpc) is 0.722. The smallest absolute Gasteiger partial charge is 0.822 e. The molecule has 0 aliphatic heterocycles. The summed E-state index contributed by atoms with van der Waals surface area (Å²) in [6.07, 6.45) is 0. The first-order valence-electron chi connectivity index (χ1n) is 0.730. The summed E-state index contributed by atoms with van der Waals surface area (Å²) in [5.41, 5.74) is 0. The van der Waals surface area contributed by atoms with Crippen LogP contribution < -0.4 is 103 Å². The standard InChI is InChI=1S/6CH4.3Na.H3O4P/c;;;;;;;;;1-5(2,3)4/h6*1H4;;;;(H3,1,2,3,4)/q;;;;;;3*+1;/p-3. The number of hydrogen-bond acceptors (Lipinski definition) is 4. The quantitative estimate of drug-likeness (QED) is 0.320. The summed E-state index contributed by atoms with van der Waals surface area (Å²) in [4.78, 5) is 25.6. The van der Waals surface area contributed by atoms with Gasteiger partial charge in [-0.25, -0.2) is 0 Å². The molecule has 0 N–H and O–H groups in total. The molecule has 4 nitrogen and oxygen atoms in total. The van der Waals surface area contributed by atoms with E-state index in [0.717, 1.165) is 0 Å². The van der Waals surface area contributed by atoms with Crippen LogP contribution in [-0.2, 0) is 4.57 Å². The maximum Gasteiger partial charge on any atom is 1.00 e. The first-order valence-corrected chi connectivity index (χ1v) is 2.19. The van der Waals surface area contributed by atoms with Gasteiger partial charge in [0.2, 0.25) is 0 Å². The van der Waals surface area contributed by atoms with E-state index in [1.54, 1.807) is 0 Å². The Hall–Kier alpha value is 3.11. The van der Waals surface area contributed by atoms with Crippen LogP contribution in [0.3, 0.4) is 0 Å². The van der Waals surface area contributed by atoms with Crippen molar-refractivity contribution in [1.29, 1.82) is 0 Å². The van der Waals surface area contributed by atoms with Crippen LogP contribution in [0.1, 0.15) is 44.6 Å². The topological polar surface area (TPSA) is 86.2 Å². The van der Waals surface area contributed by atoms with Gasteiger partial charge in [-0.2, -0.15) is 7.82 Å². The third-order valence-corrected chi connectivity index (χ3v) is 0. The Morgan fingerprint density at radius 3 is 0.571 bits per heavy atom. The van der Waals surface area contributed by atoms with Crippen molar-refractivity contribution in [3.8, 4) is 0 Å². The molecule has 0 bridgehead atoms. The SMILES string of the molecule is C.C.C.C.C.C.O=P([O-])([O-])[O-].[Na+].[Na+].[Na+]. The van der Waals surface area contributed by atoms with Crippen LogP contribution in [0, 0.1) is 0 Å². The van der Waals surface area contributed by atoms with Gasteiger partial charge in [0.05, 0.1) is 0 Å². The average molecular weight is 260 g/mol. The van der Waals surface area contributed by atoms with Crippen LogP contribution in [0.5, 0.6) is 0 Å². The van der Waals surface area contributed by atoms with Gasteiger partial charge in [-0.05, 0) is 0 Å². The van der Waals surface area contributed by atoms with Crippen LogP contribution in [0.25, 0.3) is 0 Å². The Bertz CT molecular complexity index is 71.2. The number of rotatable bonds is 0. The van der Waals surface area contributed by atoms with Crippen molar-refractivity contribution in [1.82, 2.24) is 0 Å². The molecule has 0 aliphatic carbocycles. The van der Waals surface area contributed by atoms with Gasteiger partial charge in [-0.15, -0.1) is 0 Å². The third-order valence-electron chi connectivity index (χ3n) is 0. The number of hydrogen-bond donors (Lipinski definition) is 0. The molecule has 0 rings (SSSR count). The van der Waals surface area contributed by atoms with Gasteiger partial charge in [0.15, 0.2) is 0 Å². The van der Waals surface area contributed by atoms with Crippen molar-refractivity contribution in [3.05, 3.63) is 0 Å². The van der Waals surface area contributed by atoms with Crippen molar-refractivity contribution < 1.29 is 108 Å². The monoisotopic (exact) mass is 260 g/mol. The summed E-state index contributed by atoms with van der Waals surface area (Å²) >= 11 is 0. The Kier molecular flexibility index (Phi) is 278. The van der Waals surface area contributed by atoms with E-state index in [1.807, 2.05) is 0 Å². The van der Waals surface area contributed by atoms with Crippen molar-refractivity contribution >= 4 is 7.82 Å². The molecular formula is C6H24Na3O4P. The summed E-state index contributed by atoms with van der Waals surface area (Å²) < 4.78 is 8.55. The van der Waals surface area contributed by atoms with E-state index in [1.165, 1.54) is 0 Å². The molecule has 0 atom stereocenters. The van der Waals surface area contributed by atoms with Crippen LogP contribution >= 0.6 is 7.82 Å². The summed E-state index contributed by atoms with van der Waals surface area (Å²) in [5, 5.41) is 0. The zero-order chi connectivity index (χ0) is 4.50. The van der Waals surface area contributed by atoms with Crippen molar-refractivity contribution in [2.75, 3.05) is 0 Å². The van der Waals surface area contributed by atoms with Crippen molar-refractivity contribution in [3.63, 3.8) is 0 Å². The molecule has 0 radical (unpaired) electrons. The first-order chi connectivity index (χ1) is 2.00. The van der Waals surface area contributed by atoms with Crippen LogP contribution in [0.15, 0.2) is 0 Å². The summed E-state index contributed by atoms with van der Waals surface area (Å²) in [7, 11) is -5.39. The zero-order valence-electron chi connectivity index (χ0n) is 5.08. The number of phosphoric acid groups is 1. The molecule has 0 aliphatic rings. The van der Waals surface area contributed by atoms with E-state index >= 15 is 0 Å². The molecule has 0 spiro atoms. The molecule has 80 valence electrons. The predicted molar refractivity (Wildman–Crippen MR) is 48.0 cm³/mol. The van der Waals surface area contributed by atoms with Gasteiger partial charge in [0.25, 0.3) is 0 Å². The van der Waals surface area contributed by atoms with E-state index < -0.39 is 7.82 Å². The molecule has 0 heterocycles. The van der Waals surface area contributed by atoms with Crippen LogP contribution in [-0.4, -0.2) is 0 Å². The fraction of sp³-hybridized carbons (Fsp3) is 1.00. The molecule has 0 saturated heterocycles. The molecule has 0 aromatic carbocycles. The molecule has 0 aromatic rings. The Balaban J connectivity index is -0.00000000222. The van der Waals surface area contributed by atoms with Gasteiger partial charge >= 0.3 is 88.7 Å². The molecule has 0 saturated carbocycles. The van der Waals surface area contributed by atoms with Gasteiger partial charge in [-0.1, -0.05) is 44.6 Å². The second kappa shape index (κ2) is 44.3. The fourth-order valence-electron chi connectivity index (χ4n) is 0. The molecule has 14 heavy (non-hydrogen) atoms. The molecule has 0 unspecified atom stereocenters. The summed E-state index contributed by atoms with van der Waals surface area (Å²) in [6, 6.07) is 0. The van der Waals surface area contributed by atoms with E-state index in [9.17, 15) is 0 Å². The van der Waals surface area contributed by atoms with Crippen molar-refractivity contribution in [2.24, 2.45) is 0 Å². The molecule has 0 fully saturated rings. The van der Waals surface area contributed by atoms with E-state index in [0.29, 0.717) is 0 Å². The van der Waals surface area contributed by atoms with E-state index in [2.05, 4.69) is 0 Å². The molecule has 0 amide bonds. The Morgan fingerprint density at radius 1 is 0.571 bits per heavy atom. The van der Waals surface area contributed by atoms with Gasteiger partial charge in [-0.3, -0.25) is 0 Å². The second-order valence-electron chi connectivity index (χ2n) is 0.447. The fourth-order valence-corrected chi connectivity index (χ4v) is 0. The Labute approximate surface area is 158 Å². The molecule has 8 heteroatoms. The normalized spacial score (nSPS) is 4.21.